The highest BCUT2D eigenvalue weighted by Gasteiger charge is 2.50. The highest BCUT2D eigenvalue weighted by molar-refractivity contribution is 5.89. The SMILES string of the molecule is CC[C@@]1(OC(C)=O)C(=O)OCc2c1cc1n(c2=O)Cc2cc3cc(NCCc4ccccc4)ccc3nc2-1. The molecule has 2 aromatic heterocycles. The minimum atomic E-state index is -1.64. The van der Waals surface area contributed by atoms with E-state index >= 15 is 0 Å². The van der Waals surface area contributed by atoms with Gasteiger partial charge in [-0.1, -0.05) is 37.3 Å². The number of rotatable bonds is 6. The third-order valence-electron chi connectivity index (χ3n) is 7.38. The first-order valence-corrected chi connectivity index (χ1v) is 12.8. The van der Waals surface area contributed by atoms with Crippen LogP contribution in [0.4, 0.5) is 5.69 Å². The molecule has 0 saturated heterocycles. The summed E-state index contributed by atoms with van der Waals surface area (Å²) in [5, 5.41) is 4.45. The molecule has 2 aliphatic heterocycles. The average Bonchev–Trinajstić information content (AvgIpc) is 3.27. The number of carbonyl (C=O) groups is 2. The van der Waals surface area contributed by atoms with Gasteiger partial charge in [0.05, 0.1) is 29.0 Å². The van der Waals surface area contributed by atoms with Crippen molar-refractivity contribution in [1.82, 2.24) is 9.55 Å². The summed E-state index contributed by atoms with van der Waals surface area (Å²) >= 11 is 0. The first-order chi connectivity index (χ1) is 18.4. The first kappa shape index (κ1) is 23.9. The number of hydrogen-bond acceptors (Lipinski definition) is 7. The van der Waals surface area contributed by atoms with Gasteiger partial charge >= 0.3 is 11.9 Å². The largest absolute Gasteiger partial charge is 0.457 e. The van der Waals surface area contributed by atoms with E-state index < -0.39 is 17.5 Å². The molecule has 2 aliphatic rings. The van der Waals surface area contributed by atoms with Gasteiger partial charge in [-0.15, -0.1) is 0 Å². The van der Waals surface area contributed by atoms with Crippen molar-refractivity contribution in [2.24, 2.45) is 0 Å². The van der Waals surface area contributed by atoms with E-state index in [1.54, 1.807) is 17.6 Å². The Balaban J connectivity index is 1.36. The topological polar surface area (TPSA) is 99.5 Å². The molecule has 0 bridgehead atoms. The smallest absolute Gasteiger partial charge is 0.355 e. The summed E-state index contributed by atoms with van der Waals surface area (Å²) in [5.74, 6) is -1.28. The van der Waals surface area contributed by atoms with Crippen LogP contribution in [0.5, 0.6) is 0 Å². The number of cyclic esters (lactones) is 1. The second kappa shape index (κ2) is 9.13. The molecule has 0 aliphatic carbocycles. The fourth-order valence-corrected chi connectivity index (χ4v) is 5.49. The van der Waals surface area contributed by atoms with Crippen molar-refractivity contribution in [2.75, 3.05) is 11.9 Å². The average molecular weight is 510 g/mol. The van der Waals surface area contributed by atoms with Crippen LogP contribution in [0.2, 0.25) is 0 Å². The Labute approximate surface area is 219 Å². The molecule has 0 radical (unpaired) electrons. The van der Waals surface area contributed by atoms with E-state index in [4.69, 9.17) is 14.5 Å². The van der Waals surface area contributed by atoms with E-state index in [2.05, 4.69) is 29.6 Å². The number of fused-ring (bicyclic) bond motifs is 5. The normalized spacial score (nSPS) is 17.4. The third kappa shape index (κ3) is 3.84. The molecule has 2 aromatic carbocycles. The molecule has 0 unspecified atom stereocenters. The number of hydrogen-bond donors (Lipinski definition) is 1. The summed E-state index contributed by atoms with van der Waals surface area (Å²) in [6, 6.07) is 20.2. The molecular formula is C30H27N3O5. The molecule has 0 saturated carbocycles. The molecule has 0 fully saturated rings. The summed E-state index contributed by atoms with van der Waals surface area (Å²) in [6.45, 7) is 4.00. The number of nitrogens with zero attached hydrogens (tertiary/aromatic N) is 2. The van der Waals surface area contributed by atoms with Gasteiger partial charge < -0.3 is 19.4 Å². The molecule has 6 rings (SSSR count). The summed E-state index contributed by atoms with van der Waals surface area (Å²) < 4.78 is 12.5. The monoisotopic (exact) mass is 509 g/mol. The van der Waals surface area contributed by atoms with Crippen LogP contribution in [-0.2, 0) is 44.2 Å². The minimum Gasteiger partial charge on any atom is -0.457 e. The molecule has 192 valence electrons. The molecule has 4 aromatic rings. The molecule has 1 N–H and O–H groups in total. The van der Waals surface area contributed by atoms with Gasteiger partial charge in [0, 0.05) is 35.7 Å². The maximum atomic E-state index is 13.5. The van der Waals surface area contributed by atoms with Gasteiger partial charge in [0.15, 0.2) is 0 Å². The summed E-state index contributed by atoms with van der Waals surface area (Å²) in [6.07, 6.45) is 1.07. The third-order valence-corrected chi connectivity index (χ3v) is 7.38. The van der Waals surface area contributed by atoms with Crippen LogP contribution in [-0.4, -0.2) is 28.0 Å². The van der Waals surface area contributed by atoms with Crippen molar-refractivity contribution >= 4 is 28.5 Å². The molecule has 8 heteroatoms. The van der Waals surface area contributed by atoms with Crippen molar-refractivity contribution in [3.8, 4) is 11.4 Å². The summed E-state index contributed by atoms with van der Waals surface area (Å²) in [5.41, 5.74) is 4.10. The van der Waals surface area contributed by atoms with Crippen LogP contribution in [0.25, 0.3) is 22.3 Å². The highest BCUT2D eigenvalue weighted by atomic mass is 16.6. The lowest BCUT2D eigenvalue weighted by Crippen LogP contribution is -2.47. The zero-order chi connectivity index (χ0) is 26.4. The number of anilines is 1. The van der Waals surface area contributed by atoms with Crippen LogP contribution in [0, 0.1) is 0 Å². The lowest BCUT2D eigenvalue weighted by Gasteiger charge is -2.35. The van der Waals surface area contributed by atoms with Gasteiger partial charge in [-0.2, -0.15) is 0 Å². The molecule has 1 atom stereocenters. The van der Waals surface area contributed by atoms with Crippen LogP contribution in [0.1, 0.15) is 42.5 Å². The Bertz CT molecular complexity index is 1660. The van der Waals surface area contributed by atoms with E-state index in [0.717, 1.165) is 35.1 Å². The van der Waals surface area contributed by atoms with Crippen molar-refractivity contribution in [2.45, 2.75) is 45.4 Å². The second-order valence-electron chi connectivity index (χ2n) is 9.73. The minimum absolute atomic E-state index is 0.152. The zero-order valence-electron chi connectivity index (χ0n) is 21.2. The van der Waals surface area contributed by atoms with E-state index in [9.17, 15) is 14.4 Å². The van der Waals surface area contributed by atoms with Crippen LogP contribution < -0.4 is 10.9 Å². The van der Waals surface area contributed by atoms with E-state index in [-0.39, 0.29) is 18.6 Å². The van der Waals surface area contributed by atoms with Gasteiger partial charge in [-0.05, 0) is 48.7 Å². The van der Waals surface area contributed by atoms with Crippen LogP contribution in [0.3, 0.4) is 0 Å². The molecule has 4 heterocycles. The molecule has 0 spiro atoms. The number of carbonyl (C=O) groups excluding carboxylic acids is 2. The van der Waals surface area contributed by atoms with Gasteiger partial charge in [0.25, 0.3) is 5.56 Å². The molecular weight excluding hydrogens is 482 g/mol. The van der Waals surface area contributed by atoms with Gasteiger partial charge in [0.2, 0.25) is 5.60 Å². The summed E-state index contributed by atoms with van der Waals surface area (Å²) in [4.78, 5) is 43.2. The lowest BCUT2D eigenvalue weighted by molar-refractivity contribution is -0.188. The highest BCUT2D eigenvalue weighted by Crippen LogP contribution is 2.41. The molecule has 0 amide bonds. The fraction of sp³-hybridized carbons (Fsp3) is 0.267. The van der Waals surface area contributed by atoms with E-state index in [1.807, 2.05) is 30.3 Å². The predicted octanol–water partition coefficient (Wildman–Crippen LogP) is 4.31. The Morgan fingerprint density at radius 3 is 2.71 bits per heavy atom. The maximum Gasteiger partial charge on any atom is 0.355 e. The Kier molecular flexibility index (Phi) is 5.75. The van der Waals surface area contributed by atoms with Crippen molar-refractivity contribution in [3.05, 3.63) is 93.3 Å². The number of benzene rings is 2. The Morgan fingerprint density at radius 2 is 1.95 bits per heavy atom. The van der Waals surface area contributed by atoms with Crippen molar-refractivity contribution < 1.29 is 19.1 Å². The van der Waals surface area contributed by atoms with E-state index in [0.29, 0.717) is 29.1 Å². The standard InChI is InChI=1S/C30H27N3O5/c1-3-30(38-18(2)34)24-15-26-27-21(16-33(26)28(35)23(24)17-37-29(30)36)13-20-14-22(9-10-25(20)32-27)31-12-11-19-7-5-4-6-8-19/h4-10,13-15,31H,3,11-12,16-17H2,1-2H3/t30-/m0/s1. The zero-order valence-corrected chi connectivity index (χ0v) is 21.2. The number of nitrogens with one attached hydrogen (secondary N) is 1. The molecule has 8 nitrogen and oxygen atoms in total. The Morgan fingerprint density at radius 1 is 1.13 bits per heavy atom. The van der Waals surface area contributed by atoms with Crippen molar-refractivity contribution in [1.29, 1.82) is 0 Å². The van der Waals surface area contributed by atoms with Crippen LogP contribution >= 0.6 is 0 Å². The first-order valence-electron chi connectivity index (χ1n) is 12.8. The quantitative estimate of drug-likeness (QED) is 0.341. The number of esters is 2. The predicted molar refractivity (Wildman–Crippen MR) is 143 cm³/mol. The van der Waals surface area contributed by atoms with Crippen molar-refractivity contribution in [3.63, 3.8) is 0 Å². The second-order valence-corrected chi connectivity index (χ2v) is 9.73. The van der Waals surface area contributed by atoms with Gasteiger partial charge in [0.1, 0.15) is 6.61 Å². The Hall–Kier alpha value is -4.46. The summed E-state index contributed by atoms with van der Waals surface area (Å²) in [7, 11) is 0. The van der Waals surface area contributed by atoms with Gasteiger partial charge in [-0.3, -0.25) is 9.59 Å². The molecule has 38 heavy (non-hydrogen) atoms. The number of pyridine rings is 2. The maximum absolute atomic E-state index is 13.5. The van der Waals surface area contributed by atoms with Crippen LogP contribution in [0.15, 0.2) is 65.5 Å². The van der Waals surface area contributed by atoms with Gasteiger partial charge in [-0.25, -0.2) is 9.78 Å². The fourth-order valence-electron chi connectivity index (χ4n) is 5.49. The lowest BCUT2D eigenvalue weighted by atomic mass is 9.85. The number of aromatic nitrogens is 2. The number of ether oxygens (including phenoxy) is 2. The van der Waals surface area contributed by atoms with E-state index in [1.165, 1.54) is 12.5 Å².